The van der Waals surface area contributed by atoms with E-state index in [2.05, 4.69) is 20.9 Å². The molecule has 0 aliphatic heterocycles. The molecule has 0 saturated heterocycles. The molecule has 1 N–H and O–H groups in total. The van der Waals surface area contributed by atoms with Crippen molar-refractivity contribution < 1.29 is 14.3 Å². The Morgan fingerprint density at radius 1 is 1.22 bits per heavy atom. The van der Waals surface area contributed by atoms with Crippen molar-refractivity contribution in [2.45, 2.75) is 39.2 Å². The minimum Gasteiger partial charge on any atom is -0.493 e. The molecule has 1 aliphatic rings. The Morgan fingerprint density at radius 3 is 2.59 bits per heavy atom. The van der Waals surface area contributed by atoms with E-state index in [1.54, 1.807) is 21.3 Å². The number of rotatable bonds is 6. The Morgan fingerprint density at radius 2 is 1.96 bits per heavy atom. The molecular weight excluding hydrogens is 342 g/mol. The van der Waals surface area contributed by atoms with Gasteiger partial charge in [-0.25, -0.2) is 4.98 Å². The highest BCUT2D eigenvalue weighted by molar-refractivity contribution is 5.78. The molecule has 1 heterocycles. The summed E-state index contributed by atoms with van der Waals surface area (Å²) in [6, 6.07) is 4.05. The standard InChI is InChI=1S/C21H29N3O3/c1-14-11-17(19(27-4)18(12-14)26-3)20-23-9-10-24(20)13-15-5-7-16(8-6-15)21(25)22-2/h9-12,15-16H,5-8,13H2,1-4H3,(H,22,25). The largest absolute Gasteiger partial charge is 0.493 e. The van der Waals surface area contributed by atoms with Gasteiger partial charge in [-0.2, -0.15) is 0 Å². The van der Waals surface area contributed by atoms with Crippen LogP contribution < -0.4 is 14.8 Å². The third kappa shape index (κ3) is 4.10. The fourth-order valence-corrected chi connectivity index (χ4v) is 4.06. The van der Waals surface area contributed by atoms with Gasteiger partial charge < -0.3 is 19.4 Å². The van der Waals surface area contributed by atoms with E-state index in [4.69, 9.17) is 9.47 Å². The smallest absolute Gasteiger partial charge is 0.222 e. The van der Waals surface area contributed by atoms with Crippen molar-refractivity contribution in [1.29, 1.82) is 0 Å². The summed E-state index contributed by atoms with van der Waals surface area (Å²) in [5, 5.41) is 2.77. The van der Waals surface area contributed by atoms with Crippen LogP contribution in [0.3, 0.4) is 0 Å². The van der Waals surface area contributed by atoms with E-state index >= 15 is 0 Å². The summed E-state index contributed by atoms with van der Waals surface area (Å²) in [7, 11) is 5.03. The number of methoxy groups -OCH3 is 2. The number of aromatic nitrogens is 2. The lowest BCUT2D eigenvalue weighted by atomic mass is 9.81. The van der Waals surface area contributed by atoms with Crippen molar-refractivity contribution >= 4 is 5.91 Å². The first-order chi connectivity index (χ1) is 13.1. The van der Waals surface area contributed by atoms with E-state index in [9.17, 15) is 4.79 Å². The first kappa shape index (κ1) is 19.3. The van der Waals surface area contributed by atoms with E-state index in [1.165, 1.54) is 0 Å². The first-order valence-corrected chi connectivity index (χ1v) is 9.53. The molecule has 1 amide bonds. The lowest BCUT2D eigenvalue weighted by molar-refractivity contribution is -0.125. The zero-order chi connectivity index (χ0) is 19.4. The number of hydrogen-bond donors (Lipinski definition) is 1. The quantitative estimate of drug-likeness (QED) is 0.845. The van der Waals surface area contributed by atoms with Gasteiger partial charge in [-0.15, -0.1) is 0 Å². The summed E-state index contributed by atoms with van der Waals surface area (Å²) in [5.74, 6) is 3.20. The van der Waals surface area contributed by atoms with Gasteiger partial charge in [0.15, 0.2) is 11.5 Å². The predicted molar refractivity (Wildman–Crippen MR) is 105 cm³/mol. The molecule has 0 bridgehead atoms. The topological polar surface area (TPSA) is 65.4 Å². The lowest BCUT2D eigenvalue weighted by Crippen LogP contribution is -2.31. The summed E-state index contributed by atoms with van der Waals surface area (Å²) in [6.45, 7) is 2.94. The number of nitrogens with zero attached hydrogens (tertiary/aromatic N) is 2. The number of carbonyl (C=O) groups excluding carboxylic acids is 1. The summed E-state index contributed by atoms with van der Waals surface area (Å²) in [5.41, 5.74) is 2.04. The van der Waals surface area contributed by atoms with Gasteiger partial charge in [-0.1, -0.05) is 0 Å². The second-order valence-electron chi connectivity index (χ2n) is 7.28. The van der Waals surface area contributed by atoms with Crippen LogP contribution in [-0.4, -0.2) is 36.7 Å². The van der Waals surface area contributed by atoms with Crippen LogP contribution in [0.1, 0.15) is 31.2 Å². The monoisotopic (exact) mass is 371 g/mol. The SMILES string of the molecule is CNC(=O)C1CCC(Cn2ccnc2-c2cc(C)cc(OC)c2OC)CC1. The van der Waals surface area contributed by atoms with Crippen molar-refractivity contribution in [2.24, 2.45) is 11.8 Å². The molecule has 1 saturated carbocycles. The van der Waals surface area contributed by atoms with Gasteiger partial charge >= 0.3 is 0 Å². The summed E-state index contributed by atoms with van der Waals surface area (Å²) >= 11 is 0. The minimum absolute atomic E-state index is 0.162. The molecule has 0 unspecified atom stereocenters. The molecule has 6 nitrogen and oxygen atoms in total. The number of carbonyl (C=O) groups is 1. The van der Waals surface area contributed by atoms with Crippen LogP contribution in [0.15, 0.2) is 24.5 Å². The molecule has 146 valence electrons. The summed E-state index contributed by atoms with van der Waals surface area (Å²) < 4.78 is 13.3. The Bertz CT molecular complexity index is 792. The van der Waals surface area contributed by atoms with E-state index < -0.39 is 0 Å². The number of amides is 1. The van der Waals surface area contributed by atoms with Crippen LogP contribution in [0.5, 0.6) is 11.5 Å². The van der Waals surface area contributed by atoms with Gasteiger partial charge in [0, 0.05) is 31.9 Å². The average Bonchev–Trinajstić information content (AvgIpc) is 3.15. The van der Waals surface area contributed by atoms with Crippen LogP contribution in [0, 0.1) is 18.8 Å². The van der Waals surface area contributed by atoms with Crippen molar-refractivity contribution in [2.75, 3.05) is 21.3 Å². The number of benzene rings is 1. The van der Waals surface area contributed by atoms with Gasteiger partial charge in [-0.3, -0.25) is 4.79 Å². The highest BCUT2D eigenvalue weighted by atomic mass is 16.5. The molecule has 1 fully saturated rings. The molecule has 2 aromatic rings. The third-order valence-electron chi connectivity index (χ3n) is 5.50. The van der Waals surface area contributed by atoms with Gasteiger partial charge in [0.1, 0.15) is 5.82 Å². The van der Waals surface area contributed by atoms with Gasteiger partial charge in [0.05, 0.1) is 19.8 Å². The van der Waals surface area contributed by atoms with Crippen molar-refractivity contribution in [3.05, 3.63) is 30.1 Å². The van der Waals surface area contributed by atoms with Crippen LogP contribution in [0.25, 0.3) is 11.4 Å². The highest BCUT2D eigenvalue weighted by Gasteiger charge is 2.26. The molecule has 27 heavy (non-hydrogen) atoms. The average molecular weight is 371 g/mol. The maximum absolute atomic E-state index is 11.8. The summed E-state index contributed by atoms with van der Waals surface area (Å²) in [6.07, 6.45) is 7.88. The van der Waals surface area contributed by atoms with Crippen LogP contribution >= 0.6 is 0 Å². The van der Waals surface area contributed by atoms with Gasteiger partial charge in [-0.05, 0) is 56.2 Å². The maximum atomic E-state index is 11.8. The van der Waals surface area contributed by atoms with E-state index in [0.29, 0.717) is 17.4 Å². The molecule has 1 aromatic carbocycles. The molecule has 1 aromatic heterocycles. The molecule has 6 heteroatoms. The summed E-state index contributed by atoms with van der Waals surface area (Å²) in [4.78, 5) is 16.4. The van der Waals surface area contributed by atoms with Gasteiger partial charge in [0.2, 0.25) is 5.91 Å². The van der Waals surface area contributed by atoms with Crippen LogP contribution in [0.2, 0.25) is 0 Å². The van der Waals surface area contributed by atoms with E-state index in [1.807, 2.05) is 25.4 Å². The molecule has 0 radical (unpaired) electrons. The highest BCUT2D eigenvalue weighted by Crippen LogP contribution is 2.39. The minimum atomic E-state index is 0.162. The lowest BCUT2D eigenvalue weighted by Gasteiger charge is -2.28. The fraction of sp³-hybridized carbons (Fsp3) is 0.524. The number of hydrogen-bond acceptors (Lipinski definition) is 4. The Labute approximate surface area is 160 Å². The van der Waals surface area contributed by atoms with Gasteiger partial charge in [0.25, 0.3) is 0 Å². The van der Waals surface area contributed by atoms with E-state index in [0.717, 1.165) is 49.2 Å². The Hall–Kier alpha value is -2.50. The zero-order valence-electron chi connectivity index (χ0n) is 16.6. The zero-order valence-corrected chi connectivity index (χ0v) is 16.6. The number of nitrogens with one attached hydrogen (secondary N) is 1. The molecule has 0 atom stereocenters. The maximum Gasteiger partial charge on any atom is 0.222 e. The van der Waals surface area contributed by atoms with Crippen LogP contribution in [-0.2, 0) is 11.3 Å². The molecular formula is C21H29N3O3. The predicted octanol–water partition coefficient (Wildman–Crippen LogP) is 3.43. The second kappa shape index (κ2) is 8.46. The normalized spacial score (nSPS) is 19.6. The third-order valence-corrected chi connectivity index (χ3v) is 5.50. The number of imidazole rings is 1. The van der Waals surface area contributed by atoms with Crippen molar-refractivity contribution in [1.82, 2.24) is 14.9 Å². The number of ether oxygens (including phenoxy) is 2. The second-order valence-corrected chi connectivity index (χ2v) is 7.28. The Kier molecular flexibility index (Phi) is 6.04. The molecule has 0 spiro atoms. The number of aryl methyl sites for hydroxylation is 1. The molecule has 3 rings (SSSR count). The van der Waals surface area contributed by atoms with Crippen molar-refractivity contribution in [3.8, 4) is 22.9 Å². The van der Waals surface area contributed by atoms with E-state index in [-0.39, 0.29) is 11.8 Å². The first-order valence-electron chi connectivity index (χ1n) is 9.53. The fourth-order valence-electron chi connectivity index (χ4n) is 4.06. The molecule has 1 aliphatic carbocycles. The Balaban J connectivity index is 1.80. The van der Waals surface area contributed by atoms with Crippen LogP contribution in [0.4, 0.5) is 0 Å². The van der Waals surface area contributed by atoms with Crippen molar-refractivity contribution in [3.63, 3.8) is 0 Å².